The molecule has 0 amide bonds. The quantitative estimate of drug-likeness (QED) is 0.259. The summed E-state index contributed by atoms with van der Waals surface area (Å²) in [6.07, 6.45) is 14.5. The Morgan fingerprint density at radius 2 is 1.25 bits per heavy atom. The van der Waals surface area contributed by atoms with Gasteiger partial charge >= 0.3 is 7.12 Å². The van der Waals surface area contributed by atoms with Crippen LogP contribution in [-0.4, -0.2) is 37.4 Å². The first-order valence-corrected chi connectivity index (χ1v) is 14.8. The van der Waals surface area contributed by atoms with Crippen molar-refractivity contribution in [1.82, 2.24) is 19.1 Å². The van der Waals surface area contributed by atoms with Gasteiger partial charge < -0.3 is 18.4 Å². The van der Waals surface area contributed by atoms with E-state index in [-0.39, 0.29) is 11.1 Å². The van der Waals surface area contributed by atoms with Crippen LogP contribution in [0.4, 0.5) is 0 Å². The molecule has 0 spiro atoms. The third-order valence-corrected chi connectivity index (χ3v) is 8.40. The highest BCUT2D eigenvalue weighted by molar-refractivity contribution is 9.10. The highest BCUT2D eigenvalue weighted by Gasteiger charge is 2.52. The molecular formula is C30H38BBrN4O4. The second kappa shape index (κ2) is 12.4. The number of aryl methyl sites for hydroxylation is 2. The Bertz CT molecular complexity index is 1600. The Kier molecular flexibility index (Phi) is 9.32. The Morgan fingerprint density at radius 1 is 0.775 bits per heavy atom. The predicted octanol–water partition coefficient (Wildman–Crippen LogP) is 5.45. The Balaban J connectivity index is 0.000000201. The molecule has 40 heavy (non-hydrogen) atoms. The van der Waals surface area contributed by atoms with Crippen LogP contribution >= 0.6 is 15.9 Å². The van der Waals surface area contributed by atoms with E-state index in [2.05, 4.69) is 39.7 Å². The third kappa shape index (κ3) is 6.09. The first-order chi connectivity index (χ1) is 19.0. The topological polar surface area (TPSA) is 88.2 Å². The monoisotopic (exact) mass is 608 g/mol. The summed E-state index contributed by atoms with van der Waals surface area (Å²) in [7, 11) is -0.492. The molecule has 5 heterocycles. The molecule has 1 saturated heterocycles. The van der Waals surface area contributed by atoms with Crippen molar-refractivity contribution in [1.29, 1.82) is 0 Å². The minimum Gasteiger partial charge on any atom is -0.399 e. The number of unbranched alkanes of at least 4 members (excludes halogenated alkanes) is 2. The zero-order valence-electron chi connectivity index (χ0n) is 24.2. The second-order valence-corrected chi connectivity index (χ2v) is 12.1. The molecule has 0 radical (unpaired) electrons. The van der Waals surface area contributed by atoms with Gasteiger partial charge in [0.05, 0.1) is 22.0 Å². The zero-order chi connectivity index (χ0) is 29.1. The van der Waals surface area contributed by atoms with Gasteiger partial charge in [0.15, 0.2) is 0 Å². The largest absolute Gasteiger partial charge is 0.496 e. The maximum absolute atomic E-state index is 12.7. The summed E-state index contributed by atoms with van der Waals surface area (Å²) in [6, 6.07) is 3.71. The molecule has 1 fully saturated rings. The summed E-state index contributed by atoms with van der Waals surface area (Å²) in [5, 5.41) is 3.06. The smallest absolute Gasteiger partial charge is 0.399 e. The first-order valence-electron chi connectivity index (χ1n) is 14.0. The molecule has 0 saturated carbocycles. The van der Waals surface area contributed by atoms with Gasteiger partial charge in [0.25, 0.3) is 11.1 Å². The van der Waals surface area contributed by atoms with Gasteiger partial charge in [-0.2, -0.15) is 0 Å². The van der Waals surface area contributed by atoms with Crippen LogP contribution in [0.25, 0.3) is 21.5 Å². The van der Waals surface area contributed by atoms with Crippen molar-refractivity contribution in [3.8, 4) is 0 Å². The van der Waals surface area contributed by atoms with Crippen molar-refractivity contribution in [2.75, 3.05) is 0 Å². The van der Waals surface area contributed by atoms with Crippen molar-refractivity contribution < 1.29 is 9.31 Å². The molecule has 4 aromatic rings. The van der Waals surface area contributed by atoms with Crippen LogP contribution in [0.1, 0.15) is 67.2 Å². The van der Waals surface area contributed by atoms with Gasteiger partial charge in [0.2, 0.25) is 0 Å². The van der Waals surface area contributed by atoms with Crippen LogP contribution < -0.4 is 16.6 Å². The Morgan fingerprint density at radius 3 is 1.77 bits per heavy atom. The predicted molar refractivity (Wildman–Crippen MR) is 165 cm³/mol. The summed E-state index contributed by atoms with van der Waals surface area (Å²) < 4.78 is 16.8. The number of hydrogen-bond donors (Lipinski definition) is 0. The van der Waals surface area contributed by atoms with E-state index in [1.54, 1.807) is 33.9 Å². The average Bonchev–Trinajstić information content (AvgIpc) is 3.16. The second-order valence-electron chi connectivity index (χ2n) is 11.2. The number of rotatable bonds is 7. The van der Waals surface area contributed by atoms with Gasteiger partial charge in [-0.25, -0.2) is 0 Å². The van der Waals surface area contributed by atoms with Gasteiger partial charge in [-0.3, -0.25) is 19.6 Å². The molecule has 4 aromatic heterocycles. The van der Waals surface area contributed by atoms with E-state index in [4.69, 9.17) is 9.31 Å². The molecular weight excluding hydrogens is 571 g/mol. The van der Waals surface area contributed by atoms with Gasteiger partial charge in [-0.15, -0.1) is 0 Å². The SMILES string of the molecule is CCCCn1cc(B2OC(C)(C)C(C)(C)O2)c2ccncc2c1=O.CCCCn1cc(Br)c2ccncc2c1=O. The average molecular weight is 609 g/mol. The fourth-order valence-electron chi connectivity index (χ4n) is 4.61. The molecule has 0 N–H and O–H groups in total. The summed E-state index contributed by atoms with van der Waals surface area (Å²) in [5.41, 5.74) is 0.0938. The van der Waals surface area contributed by atoms with Crippen molar-refractivity contribution in [2.24, 2.45) is 0 Å². The molecule has 0 bridgehead atoms. The zero-order valence-corrected chi connectivity index (χ0v) is 25.8. The van der Waals surface area contributed by atoms with E-state index in [0.29, 0.717) is 17.3 Å². The summed E-state index contributed by atoms with van der Waals surface area (Å²) in [4.78, 5) is 32.9. The van der Waals surface area contributed by atoms with Crippen molar-refractivity contribution in [2.45, 2.75) is 91.5 Å². The van der Waals surface area contributed by atoms with E-state index in [0.717, 1.165) is 52.9 Å². The molecule has 10 heteroatoms. The maximum Gasteiger partial charge on any atom is 0.496 e. The minimum atomic E-state index is -0.492. The van der Waals surface area contributed by atoms with Crippen LogP contribution in [-0.2, 0) is 22.4 Å². The van der Waals surface area contributed by atoms with Gasteiger partial charge in [0.1, 0.15) is 0 Å². The highest BCUT2D eigenvalue weighted by Crippen LogP contribution is 2.36. The van der Waals surface area contributed by atoms with E-state index >= 15 is 0 Å². The summed E-state index contributed by atoms with van der Waals surface area (Å²) in [6.45, 7) is 13.8. The number of nitrogens with zero attached hydrogens (tertiary/aromatic N) is 4. The Hall–Kier alpha value is -2.82. The molecule has 8 nitrogen and oxygen atoms in total. The third-order valence-electron chi connectivity index (χ3n) is 7.77. The highest BCUT2D eigenvalue weighted by atomic mass is 79.9. The van der Waals surface area contributed by atoms with E-state index in [1.165, 1.54) is 0 Å². The molecule has 1 aliphatic rings. The molecule has 0 aromatic carbocycles. The van der Waals surface area contributed by atoms with Gasteiger partial charge in [-0.05, 0) is 74.0 Å². The fourth-order valence-corrected chi connectivity index (χ4v) is 5.20. The lowest BCUT2D eigenvalue weighted by atomic mass is 9.77. The Labute approximate surface area is 244 Å². The molecule has 5 rings (SSSR count). The summed E-state index contributed by atoms with van der Waals surface area (Å²) in [5.74, 6) is 0. The molecule has 0 atom stereocenters. The van der Waals surface area contributed by atoms with Crippen LogP contribution in [0.3, 0.4) is 0 Å². The maximum atomic E-state index is 12.7. The van der Waals surface area contributed by atoms with Crippen LogP contribution in [0, 0.1) is 0 Å². The standard InChI is InChI=1S/C18H25BN2O3.C12H13BrN2O/c1-6-7-10-21-12-15(13-8-9-20-11-14(13)16(21)22)19-23-17(2,3)18(4,5)24-19;1-2-3-6-15-8-11(13)9-4-5-14-7-10(9)12(15)16/h8-9,11-12H,6-7,10H2,1-5H3;4-5,7-8H,2-3,6H2,1H3. The molecule has 0 unspecified atom stereocenters. The van der Waals surface area contributed by atoms with Crippen molar-refractivity contribution in [3.05, 3.63) is 74.5 Å². The normalized spacial score (nSPS) is 15.8. The van der Waals surface area contributed by atoms with Gasteiger partial charge in [-0.1, -0.05) is 26.7 Å². The first kappa shape index (κ1) is 30.2. The van der Waals surface area contributed by atoms with Crippen LogP contribution in [0.15, 0.2) is 63.4 Å². The number of halogens is 1. The lowest BCUT2D eigenvalue weighted by Crippen LogP contribution is -2.41. The minimum absolute atomic E-state index is 0.00758. The number of hydrogen-bond acceptors (Lipinski definition) is 6. The van der Waals surface area contributed by atoms with Gasteiger partial charge in [0, 0.05) is 65.6 Å². The molecule has 212 valence electrons. The lowest BCUT2D eigenvalue weighted by Gasteiger charge is -2.32. The van der Waals surface area contributed by atoms with Crippen LogP contribution in [0.5, 0.6) is 0 Å². The van der Waals surface area contributed by atoms with E-state index in [1.807, 2.05) is 52.2 Å². The molecule has 1 aliphatic heterocycles. The van der Waals surface area contributed by atoms with Crippen molar-refractivity contribution in [3.63, 3.8) is 0 Å². The summed E-state index contributed by atoms with van der Waals surface area (Å²) >= 11 is 3.49. The fraction of sp³-hybridized carbons (Fsp3) is 0.467. The number of fused-ring (bicyclic) bond motifs is 2. The van der Waals surface area contributed by atoms with E-state index in [9.17, 15) is 9.59 Å². The number of aromatic nitrogens is 4. The number of pyridine rings is 4. The molecule has 0 aliphatic carbocycles. The van der Waals surface area contributed by atoms with Crippen molar-refractivity contribution >= 4 is 50.1 Å². The van der Waals surface area contributed by atoms with E-state index < -0.39 is 18.3 Å². The van der Waals surface area contributed by atoms with Crippen LogP contribution in [0.2, 0.25) is 0 Å². The lowest BCUT2D eigenvalue weighted by molar-refractivity contribution is 0.00578.